The molecule has 0 bridgehead atoms. The van der Waals surface area contributed by atoms with Crippen molar-refractivity contribution in [3.63, 3.8) is 0 Å². The molecule has 6 rings (SSSR count). The van der Waals surface area contributed by atoms with Gasteiger partial charge >= 0.3 is 5.97 Å². The number of hydrogen-bond acceptors (Lipinski definition) is 8. The van der Waals surface area contributed by atoms with E-state index in [1.165, 1.54) is 6.07 Å². The number of esters is 1. The highest BCUT2D eigenvalue weighted by atomic mass is 19.3. The van der Waals surface area contributed by atoms with Crippen LogP contribution in [0.15, 0.2) is 16.9 Å². The molecule has 2 unspecified atom stereocenters. The lowest BCUT2D eigenvalue weighted by Gasteiger charge is -2.22. The number of hydrogen-bond donors (Lipinski definition) is 4. The van der Waals surface area contributed by atoms with Crippen molar-refractivity contribution >= 4 is 23.3 Å². The number of benzene rings is 1. The first kappa shape index (κ1) is 31.7. The van der Waals surface area contributed by atoms with Crippen molar-refractivity contribution < 1.29 is 42.8 Å². The number of cyclic esters (lactones) is 1. The summed E-state index contributed by atoms with van der Waals surface area (Å²) in [5, 5.41) is 26.2. The fraction of sp³-hybridized carbons (Fsp3) is 0.429. The first-order chi connectivity index (χ1) is 19.5. The monoisotopic (exact) mass is 579 g/mol. The van der Waals surface area contributed by atoms with Gasteiger partial charge in [-0.15, -0.1) is 0 Å². The van der Waals surface area contributed by atoms with Crippen molar-refractivity contribution in [2.75, 3.05) is 6.54 Å². The van der Waals surface area contributed by atoms with Crippen LogP contribution in [0.1, 0.15) is 59.8 Å². The number of aliphatic hydroxyl groups excluding tert-OH is 2. The Bertz CT molecular complexity index is 1520. The van der Waals surface area contributed by atoms with Gasteiger partial charge in [0.1, 0.15) is 18.5 Å². The molecule has 0 radical (unpaired) electrons. The molecule has 2 atom stereocenters. The maximum atomic E-state index is 14.5. The van der Waals surface area contributed by atoms with Gasteiger partial charge in [0.2, 0.25) is 0 Å². The van der Waals surface area contributed by atoms with E-state index in [1.54, 1.807) is 17.6 Å². The zero-order valence-corrected chi connectivity index (χ0v) is 22.8. The van der Waals surface area contributed by atoms with Gasteiger partial charge in [-0.3, -0.25) is 9.59 Å². The van der Waals surface area contributed by atoms with Gasteiger partial charge in [0, 0.05) is 29.1 Å². The lowest BCUT2D eigenvalue weighted by atomic mass is 9.85. The molecule has 4 heterocycles. The third-order valence-electron chi connectivity index (χ3n) is 7.07. The van der Waals surface area contributed by atoms with Crippen molar-refractivity contribution in [1.82, 2.24) is 9.55 Å². The van der Waals surface area contributed by atoms with Crippen LogP contribution in [0.4, 0.5) is 13.2 Å². The zero-order valence-electron chi connectivity index (χ0n) is 22.8. The maximum absolute atomic E-state index is 14.5. The van der Waals surface area contributed by atoms with Crippen LogP contribution in [0.3, 0.4) is 0 Å². The van der Waals surface area contributed by atoms with Crippen molar-refractivity contribution in [2.45, 2.75) is 71.8 Å². The quantitative estimate of drug-likeness (QED) is 0.206. The molecule has 13 heteroatoms. The molecule has 5 N–H and O–H groups in total. The molecular weight excluding hydrogens is 547 g/mol. The van der Waals surface area contributed by atoms with Crippen LogP contribution in [-0.2, 0) is 40.3 Å². The second-order valence-corrected chi connectivity index (χ2v) is 9.24. The van der Waals surface area contributed by atoms with Crippen LogP contribution in [0.25, 0.3) is 22.3 Å². The number of nitrogens with zero attached hydrogens (tertiary/aromatic N) is 2. The van der Waals surface area contributed by atoms with Crippen LogP contribution in [0.2, 0.25) is 0 Å². The van der Waals surface area contributed by atoms with Crippen LogP contribution in [0.5, 0.6) is 0 Å². The minimum absolute atomic E-state index is 0.141. The lowest BCUT2D eigenvalue weighted by Crippen LogP contribution is -2.32. The number of fused-ring (bicyclic) bond motifs is 5. The van der Waals surface area contributed by atoms with Crippen molar-refractivity contribution in [3.05, 3.63) is 61.7 Å². The number of carbonyl (C=O) groups excluding carboxylic acids is 1. The number of carboxylic acid groups (broad SMARTS) is 1. The Kier molecular flexibility index (Phi) is 10.2. The number of ether oxygens (including phenoxy) is 1. The molecular formula is C28H32F3N3O7. The molecule has 0 amide bonds. The second kappa shape index (κ2) is 13.2. The summed E-state index contributed by atoms with van der Waals surface area (Å²) in [6.45, 7) is 5.42. The Morgan fingerprint density at radius 2 is 1.80 bits per heavy atom. The number of rotatable bonds is 2. The minimum Gasteiger partial charge on any atom is -0.483 e. The summed E-state index contributed by atoms with van der Waals surface area (Å²) in [6, 6.07) is 3.13. The zero-order chi connectivity index (χ0) is 30.6. The van der Waals surface area contributed by atoms with E-state index < -0.39 is 24.6 Å². The van der Waals surface area contributed by atoms with Gasteiger partial charge in [0.05, 0.1) is 29.0 Å². The number of alkyl halides is 2. The number of halogens is 3. The standard InChI is InChI=1S/C22H17FN2O4.C3H7F2NO.C2H6.CH2O2/c1-9-10-3-2-4-11-13-7-25-17(19(13)24-16(18(10)11)6-15(9)23)5-12-14(21(25)27)8-29-22(28)20(12)26;4-3(5)2(7)1-6;1-2;2-1-3/h5-6,20,26H,2-4,7-8H2,1H3;2-3,7H,1,6H2;1-2H3;1H,(H,2,3). The van der Waals surface area contributed by atoms with E-state index in [2.05, 4.69) is 5.73 Å². The Morgan fingerprint density at radius 3 is 2.39 bits per heavy atom. The number of carbonyl (C=O) groups is 2. The first-order valence-electron chi connectivity index (χ1n) is 13.0. The fourth-order valence-corrected chi connectivity index (χ4v) is 5.17. The van der Waals surface area contributed by atoms with Gasteiger partial charge in [0.25, 0.3) is 18.5 Å². The van der Waals surface area contributed by atoms with Crippen LogP contribution in [-0.4, -0.2) is 56.4 Å². The Morgan fingerprint density at radius 1 is 1.17 bits per heavy atom. The van der Waals surface area contributed by atoms with Gasteiger partial charge in [-0.25, -0.2) is 22.9 Å². The summed E-state index contributed by atoms with van der Waals surface area (Å²) in [6.07, 6.45) is -3.24. The van der Waals surface area contributed by atoms with Gasteiger partial charge in [0.15, 0.2) is 6.10 Å². The molecule has 1 aromatic carbocycles. The van der Waals surface area contributed by atoms with Crippen molar-refractivity contribution in [3.8, 4) is 11.4 Å². The van der Waals surface area contributed by atoms with Crippen LogP contribution >= 0.6 is 0 Å². The van der Waals surface area contributed by atoms with Gasteiger partial charge in [-0.05, 0) is 48.9 Å². The third-order valence-corrected chi connectivity index (χ3v) is 7.07. The van der Waals surface area contributed by atoms with E-state index in [-0.39, 0.29) is 36.6 Å². The summed E-state index contributed by atoms with van der Waals surface area (Å²) in [4.78, 5) is 37.9. The molecule has 2 aromatic heterocycles. The molecule has 2 aliphatic heterocycles. The molecule has 0 fully saturated rings. The smallest absolute Gasteiger partial charge is 0.340 e. The predicted molar refractivity (Wildman–Crippen MR) is 143 cm³/mol. The Hall–Kier alpha value is -3.81. The SMILES string of the molecule is CC.Cc1c(F)cc2nc3c(c4c2c1CCC4)Cn1c-3cc2c(c1=O)COC(=O)C2O.NCC(O)C(F)F.O=CO. The Labute approximate surface area is 233 Å². The summed E-state index contributed by atoms with van der Waals surface area (Å²) in [5.74, 6) is -1.03. The average molecular weight is 580 g/mol. The number of aryl methyl sites for hydroxylation is 2. The minimum atomic E-state index is -2.70. The van der Waals surface area contributed by atoms with Crippen molar-refractivity contribution in [1.29, 1.82) is 0 Å². The first-order valence-corrected chi connectivity index (χ1v) is 13.0. The Balaban J connectivity index is 0.000000332. The lowest BCUT2D eigenvalue weighted by molar-refractivity contribution is -0.157. The molecule has 10 nitrogen and oxygen atoms in total. The highest BCUT2D eigenvalue weighted by Crippen LogP contribution is 2.41. The van der Waals surface area contributed by atoms with Crippen LogP contribution < -0.4 is 11.3 Å². The summed E-state index contributed by atoms with van der Waals surface area (Å²) in [7, 11) is 0. The molecule has 3 aromatic rings. The molecule has 0 spiro atoms. The van der Waals surface area contributed by atoms with Crippen molar-refractivity contribution in [2.24, 2.45) is 5.73 Å². The van der Waals surface area contributed by atoms with E-state index in [9.17, 15) is 27.9 Å². The van der Waals surface area contributed by atoms with Gasteiger partial charge < -0.3 is 30.4 Å². The molecule has 3 aliphatic rings. The van der Waals surface area contributed by atoms with E-state index >= 15 is 0 Å². The average Bonchev–Trinajstić information content (AvgIpc) is 3.34. The maximum Gasteiger partial charge on any atom is 0.340 e. The fourth-order valence-electron chi connectivity index (χ4n) is 5.17. The number of aromatic nitrogens is 2. The van der Waals surface area contributed by atoms with Gasteiger partial charge in [-0.1, -0.05) is 13.8 Å². The number of aliphatic hydroxyl groups is 2. The number of pyridine rings is 2. The molecule has 222 valence electrons. The van der Waals surface area contributed by atoms with E-state index in [1.807, 2.05) is 13.8 Å². The van der Waals surface area contributed by atoms with Crippen LogP contribution in [0, 0.1) is 12.7 Å². The van der Waals surface area contributed by atoms with E-state index in [0.29, 0.717) is 34.6 Å². The third kappa shape index (κ3) is 5.83. The molecule has 0 saturated heterocycles. The summed E-state index contributed by atoms with van der Waals surface area (Å²) < 4.78 is 43.3. The second-order valence-electron chi connectivity index (χ2n) is 9.24. The predicted octanol–water partition coefficient (Wildman–Crippen LogP) is 2.75. The highest BCUT2D eigenvalue weighted by Gasteiger charge is 2.35. The topological polar surface area (TPSA) is 165 Å². The highest BCUT2D eigenvalue weighted by molar-refractivity contribution is 5.92. The van der Waals surface area contributed by atoms with Gasteiger partial charge in [-0.2, -0.15) is 0 Å². The van der Waals surface area contributed by atoms with E-state index in [4.69, 9.17) is 24.7 Å². The molecule has 41 heavy (non-hydrogen) atoms. The molecule has 1 aliphatic carbocycles. The normalized spacial score (nSPS) is 16.4. The summed E-state index contributed by atoms with van der Waals surface area (Å²) >= 11 is 0. The van der Waals surface area contributed by atoms with E-state index in [0.717, 1.165) is 41.3 Å². The summed E-state index contributed by atoms with van der Waals surface area (Å²) in [5.41, 5.74) is 10.5. The molecule has 0 saturated carbocycles. The number of nitrogens with two attached hydrogens (primary N) is 1. The largest absolute Gasteiger partial charge is 0.483 e.